The Morgan fingerprint density at radius 3 is 0.628 bits per heavy atom. The highest BCUT2D eigenvalue weighted by Crippen LogP contribution is 2.20. The summed E-state index contributed by atoms with van der Waals surface area (Å²) >= 11 is 0. The zero-order valence-electron chi connectivity index (χ0n) is 31.8. The Morgan fingerprint density at radius 2 is 0.488 bits per heavy atom. The van der Waals surface area contributed by atoms with Gasteiger partial charge in [0.05, 0.1) is 50.7 Å². The van der Waals surface area contributed by atoms with Gasteiger partial charge in [-0.15, -0.1) is 0 Å². The summed E-state index contributed by atoms with van der Waals surface area (Å²) in [5, 5.41) is 7.77. The Labute approximate surface area is 274 Å². The molecule has 0 amide bonds. The topological polar surface area (TPSA) is 79.4 Å². The molecule has 0 spiro atoms. The van der Waals surface area contributed by atoms with Crippen molar-refractivity contribution in [3.63, 3.8) is 0 Å². The van der Waals surface area contributed by atoms with Crippen molar-refractivity contribution in [1.82, 2.24) is 10.6 Å². The molecule has 0 radical (unpaired) electrons. The molecule has 0 aliphatic heterocycles. The molecule has 260 valence electrons. The van der Waals surface area contributed by atoms with Crippen LogP contribution >= 0.6 is 0 Å². The lowest BCUT2D eigenvalue weighted by molar-refractivity contribution is 0.0560. The van der Waals surface area contributed by atoms with E-state index in [-0.39, 0.29) is 11.1 Å². The molecule has 0 saturated carbocycles. The van der Waals surface area contributed by atoms with Gasteiger partial charge in [-0.05, 0) is 137 Å². The van der Waals surface area contributed by atoms with E-state index >= 15 is 0 Å². The lowest BCUT2D eigenvalue weighted by Crippen LogP contribution is -2.61. The van der Waals surface area contributed by atoms with E-state index in [1.165, 1.54) is 0 Å². The molecule has 0 aromatic rings. The summed E-state index contributed by atoms with van der Waals surface area (Å²) in [7, 11) is -10.5. The van der Waals surface area contributed by atoms with Gasteiger partial charge >= 0.3 is 0 Å². The molecule has 0 rings (SSSR count). The summed E-state index contributed by atoms with van der Waals surface area (Å²) in [6, 6.07) is 0. The van der Waals surface area contributed by atoms with Gasteiger partial charge in [0.2, 0.25) is 0 Å². The number of rotatable bonds is 24. The molecule has 0 bridgehead atoms. The van der Waals surface area contributed by atoms with E-state index < -0.39 is 49.9 Å². The van der Waals surface area contributed by atoms with Crippen LogP contribution in [-0.4, -0.2) is 114 Å². The molecule has 43 heavy (non-hydrogen) atoms. The van der Waals surface area contributed by atoms with Gasteiger partial charge in [-0.25, -0.2) is 0 Å². The highest BCUT2D eigenvalue weighted by Gasteiger charge is 2.38. The molecule has 0 aliphatic rings. The molecule has 0 fully saturated rings. The van der Waals surface area contributed by atoms with Gasteiger partial charge in [-0.2, -0.15) is 0 Å². The van der Waals surface area contributed by atoms with E-state index in [1.54, 1.807) is 0 Å². The van der Waals surface area contributed by atoms with E-state index in [4.69, 9.17) is 26.6 Å². The predicted molar refractivity (Wildman–Crippen MR) is 202 cm³/mol. The van der Waals surface area contributed by atoms with Crippen LogP contribution in [-0.2, 0) is 26.6 Å². The first kappa shape index (κ1) is 44.0. The van der Waals surface area contributed by atoms with E-state index in [9.17, 15) is 0 Å². The van der Waals surface area contributed by atoms with Gasteiger partial charge in [0.15, 0.2) is 49.9 Å². The van der Waals surface area contributed by atoms with Crippen LogP contribution in [0.5, 0.6) is 0 Å². The normalized spacial score (nSPS) is 14.9. The first-order valence-corrected chi connectivity index (χ1v) is 36.7. The minimum atomic E-state index is -1.74. The summed E-state index contributed by atoms with van der Waals surface area (Å²) in [6.45, 7) is 45.6. The van der Waals surface area contributed by atoms with Crippen molar-refractivity contribution in [3.8, 4) is 0 Å². The van der Waals surface area contributed by atoms with Crippen molar-refractivity contribution in [2.75, 3.05) is 52.7 Å². The SMILES string of the molecule is C[Si](C)(C)OCC(CO[Si](C)(C)C)(CO[Si](C)(C)C)NCCCNC(CO[Si](C)(C)C)(CO[Si](C)(C)C)CO[Si](C)(C)C. The maximum Gasteiger partial charge on any atom is 0.183 e. The maximum atomic E-state index is 6.52. The molecule has 2 N–H and O–H groups in total. The zero-order valence-corrected chi connectivity index (χ0v) is 37.8. The van der Waals surface area contributed by atoms with Gasteiger partial charge < -0.3 is 37.2 Å². The molecule has 0 aromatic carbocycles. The maximum absolute atomic E-state index is 6.52. The van der Waals surface area contributed by atoms with Crippen molar-refractivity contribution in [1.29, 1.82) is 0 Å². The summed E-state index contributed by atoms with van der Waals surface area (Å²) in [5.74, 6) is 0. The van der Waals surface area contributed by atoms with Crippen LogP contribution in [0.1, 0.15) is 6.42 Å². The summed E-state index contributed by atoms with van der Waals surface area (Å²) in [5.41, 5.74) is -0.776. The van der Waals surface area contributed by atoms with E-state index in [0.29, 0.717) is 39.6 Å². The van der Waals surface area contributed by atoms with Crippen LogP contribution < -0.4 is 10.6 Å². The van der Waals surface area contributed by atoms with Crippen LogP contribution in [0.3, 0.4) is 0 Å². The highest BCUT2D eigenvalue weighted by atomic mass is 28.4. The van der Waals surface area contributed by atoms with Crippen LogP contribution in [0.2, 0.25) is 118 Å². The van der Waals surface area contributed by atoms with Crippen LogP contribution in [0, 0.1) is 0 Å². The first-order valence-electron chi connectivity index (χ1n) is 16.3. The Balaban J connectivity index is 5.89. The molecule has 14 heteroatoms. The van der Waals surface area contributed by atoms with Gasteiger partial charge in [-0.3, -0.25) is 0 Å². The second-order valence-electron chi connectivity index (χ2n) is 18.2. The standard InChI is InChI=1S/C29H74N2O6Si6/c1-38(2,3)32-22-28(23-33-39(4,5)6,24-34-40(7,8)9)30-20-19-21-31-29(25-35-41(10,11)12,26-36-42(13,14)15)27-37-43(16,17)18/h30-31H,19-27H2,1-18H3. The molecular weight excluding hydrogens is 641 g/mol. The second-order valence-corrected chi connectivity index (χ2v) is 45.3. The summed E-state index contributed by atoms with van der Waals surface area (Å²) < 4.78 is 39.1. The van der Waals surface area contributed by atoms with Gasteiger partial charge in [-0.1, -0.05) is 0 Å². The fraction of sp³-hybridized carbons (Fsp3) is 1.00. The minimum Gasteiger partial charge on any atom is -0.416 e. The van der Waals surface area contributed by atoms with E-state index in [0.717, 1.165) is 19.5 Å². The van der Waals surface area contributed by atoms with Gasteiger partial charge in [0.25, 0.3) is 0 Å². The third-order valence-corrected chi connectivity index (χ3v) is 12.1. The summed E-state index contributed by atoms with van der Waals surface area (Å²) in [6.07, 6.45) is 0.934. The van der Waals surface area contributed by atoms with Crippen molar-refractivity contribution < 1.29 is 26.6 Å². The minimum absolute atomic E-state index is 0.388. The lowest BCUT2D eigenvalue weighted by atomic mass is 10.0. The van der Waals surface area contributed by atoms with Gasteiger partial charge in [0, 0.05) is 0 Å². The molecule has 0 atom stereocenters. The molecule has 0 aliphatic carbocycles. The van der Waals surface area contributed by atoms with Crippen molar-refractivity contribution in [2.24, 2.45) is 0 Å². The van der Waals surface area contributed by atoms with Gasteiger partial charge in [0.1, 0.15) is 0 Å². The first-order chi connectivity index (χ1) is 18.9. The molecule has 0 unspecified atom stereocenters. The monoisotopic (exact) mass is 714 g/mol. The van der Waals surface area contributed by atoms with Crippen molar-refractivity contribution >= 4 is 49.9 Å². The summed E-state index contributed by atoms with van der Waals surface area (Å²) in [4.78, 5) is 0. The number of nitrogens with one attached hydrogen (secondary N) is 2. The Bertz CT molecular complexity index is 626. The fourth-order valence-electron chi connectivity index (χ4n) is 3.48. The Hall–Kier alpha value is 0.981. The smallest absolute Gasteiger partial charge is 0.183 e. The fourth-order valence-corrected chi connectivity index (χ4v) is 7.74. The Morgan fingerprint density at radius 1 is 0.326 bits per heavy atom. The van der Waals surface area contributed by atoms with Crippen molar-refractivity contribution in [2.45, 2.75) is 135 Å². The predicted octanol–water partition coefficient (Wildman–Crippen LogP) is 7.14. The molecule has 8 nitrogen and oxygen atoms in total. The van der Waals surface area contributed by atoms with Crippen molar-refractivity contribution in [3.05, 3.63) is 0 Å². The second kappa shape index (κ2) is 17.4. The average Bonchev–Trinajstić information content (AvgIpc) is 2.77. The lowest BCUT2D eigenvalue weighted by Gasteiger charge is -2.41. The molecule has 0 saturated heterocycles. The quantitative estimate of drug-likeness (QED) is 0.0807. The Kier molecular flexibility index (Phi) is 17.8. The molecular formula is C29H74N2O6Si6. The molecule has 0 aromatic heterocycles. The number of hydrogen-bond acceptors (Lipinski definition) is 8. The van der Waals surface area contributed by atoms with E-state index in [2.05, 4.69) is 128 Å². The number of hydrogen-bond donors (Lipinski definition) is 2. The zero-order chi connectivity index (χ0) is 34.0. The molecule has 0 heterocycles. The average molecular weight is 715 g/mol. The van der Waals surface area contributed by atoms with Crippen LogP contribution in [0.4, 0.5) is 0 Å². The van der Waals surface area contributed by atoms with E-state index in [1.807, 2.05) is 0 Å². The van der Waals surface area contributed by atoms with Crippen LogP contribution in [0.15, 0.2) is 0 Å². The largest absolute Gasteiger partial charge is 0.416 e. The third-order valence-electron chi connectivity index (χ3n) is 6.04. The highest BCUT2D eigenvalue weighted by molar-refractivity contribution is 6.71. The van der Waals surface area contributed by atoms with Crippen LogP contribution in [0.25, 0.3) is 0 Å². The third kappa shape index (κ3) is 25.7.